The molecule has 9 heteroatoms. The maximum Gasteiger partial charge on any atom is 0.348 e. The summed E-state index contributed by atoms with van der Waals surface area (Å²) in [5.74, 6) is 0.481. The second kappa shape index (κ2) is 9.21. The third-order valence-electron chi connectivity index (χ3n) is 5.26. The molecule has 1 amide bonds. The van der Waals surface area contributed by atoms with Gasteiger partial charge in [-0.1, -0.05) is 20.8 Å². The van der Waals surface area contributed by atoms with Crippen LogP contribution in [0.5, 0.6) is 0 Å². The Hall–Kier alpha value is -2.68. The van der Waals surface area contributed by atoms with Gasteiger partial charge in [-0.15, -0.1) is 11.3 Å². The topological polar surface area (TPSA) is 113 Å². The van der Waals surface area contributed by atoms with Gasteiger partial charge in [-0.3, -0.25) is 19.9 Å². The van der Waals surface area contributed by atoms with Gasteiger partial charge in [0.05, 0.1) is 12.2 Å². The van der Waals surface area contributed by atoms with E-state index in [2.05, 4.69) is 20.6 Å². The molecule has 3 rings (SSSR count). The molecule has 3 N–H and O–H groups in total. The number of thiophene rings is 1. The molecule has 168 valence electrons. The molecule has 0 radical (unpaired) electrons. The predicted molar refractivity (Wildman–Crippen MR) is 122 cm³/mol. The summed E-state index contributed by atoms with van der Waals surface area (Å²) in [5.41, 5.74) is 0.888. The van der Waals surface area contributed by atoms with Gasteiger partial charge >= 0.3 is 5.97 Å². The van der Waals surface area contributed by atoms with Crippen molar-refractivity contribution in [2.75, 3.05) is 23.8 Å². The first-order chi connectivity index (χ1) is 14.6. The molecule has 0 fully saturated rings. The van der Waals surface area contributed by atoms with Crippen molar-refractivity contribution < 1.29 is 14.3 Å². The number of esters is 1. The number of nitrogens with zero attached hydrogens (tertiary/aromatic N) is 1. The Labute approximate surface area is 185 Å². The zero-order valence-corrected chi connectivity index (χ0v) is 19.5. The van der Waals surface area contributed by atoms with Gasteiger partial charge < -0.3 is 10.1 Å². The Bertz CT molecular complexity index is 1040. The fraction of sp³-hybridized carbons (Fsp3) is 0.545. The van der Waals surface area contributed by atoms with E-state index in [1.54, 1.807) is 27.7 Å². The van der Waals surface area contributed by atoms with E-state index >= 15 is 0 Å². The third-order valence-corrected chi connectivity index (χ3v) is 6.53. The number of rotatable bonds is 6. The molecule has 0 spiro atoms. The van der Waals surface area contributed by atoms with Crippen molar-refractivity contribution in [3.63, 3.8) is 0 Å². The summed E-state index contributed by atoms with van der Waals surface area (Å²) in [5, 5.41) is 5.92. The molecule has 2 aromatic rings. The van der Waals surface area contributed by atoms with Gasteiger partial charge in [0.2, 0.25) is 11.9 Å². The van der Waals surface area contributed by atoms with E-state index in [0.717, 1.165) is 18.4 Å². The summed E-state index contributed by atoms with van der Waals surface area (Å²) >= 11 is 1.48. The molecular weight excluding hydrogens is 416 g/mol. The largest absolute Gasteiger partial charge is 0.462 e. The molecule has 8 nitrogen and oxygen atoms in total. The number of carbonyl (C=O) groups excluding carboxylic acids is 2. The highest BCUT2D eigenvalue weighted by Crippen LogP contribution is 2.28. The van der Waals surface area contributed by atoms with Crippen molar-refractivity contribution in [1.29, 1.82) is 0 Å². The highest BCUT2D eigenvalue weighted by atomic mass is 32.1. The maximum atomic E-state index is 12.6. The van der Waals surface area contributed by atoms with Gasteiger partial charge in [0.15, 0.2) is 0 Å². The van der Waals surface area contributed by atoms with E-state index < -0.39 is 5.41 Å². The van der Waals surface area contributed by atoms with Crippen LogP contribution in [-0.4, -0.2) is 35.0 Å². The first-order valence-electron chi connectivity index (χ1n) is 10.5. The lowest BCUT2D eigenvalue weighted by Gasteiger charge is -2.25. The van der Waals surface area contributed by atoms with Crippen molar-refractivity contribution in [1.82, 2.24) is 9.97 Å². The molecule has 1 atom stereocenters. The zero-order chi connectivity index (χ0) is 22.8. The Morgan fingerprint density at radius 2 is 2.10 bits per heavy atom. The third kappa shape index (κ3) is 5.52. The minimum absolute atomic E-state index is 0.162. The average molecular weight is 447 g/mol. The van der Waals surface area contributed by atoms with Crippen LogP contribution in [0, 0.1) is 18.3 Å². The SMILES string of the molecule is CCOC(=O)c1cc(C)c(CCC2CNc3nc(NC(=O)C(C)(C)C)[nH]c(=O)c3C2)s1. The molecule has 2 aromatic heterocycles. The van der Waals surface area contributed by atoms with Crippen molar-refractivity contribution in [3.05, 3.63) is 37.3 Å². The number of ether oxygens (including phenoxy) is 1. The normalized spacial score (nSPS) is 15.7. The first-order valence-corrected chi connectivity index (χ1v) is 11.3. The highest BCUT2D eigenvalue weighted by Gasteiger charge is 2.26. The van der Waals surface area contributed by atoms with Crippen molar-refractivity contribution in [2.24, 2.45) is 11.3 Å². The molecule has 3 heterocycles. The molecule has 31 heavy (non-hydrogen) atoms. The Kier molecular flexibility index (Phi) is 6.83. The number of H-pyrrole nitrogens is 1. The molecule has 0 saturated heterocycles. The number of hydrogen-bond acceptors (Lipinski definition) is 7. The molecule has 0 saturated carbocycles. The Morgan fingerprint density at radius 3 is 2.77 bits per heavy atom. The summed E-state index contributed by atoms with van der Waals surface area (Å²) in [4.78, 5) is 45.6. The van der Waals surface area contributed by atoms with E-state index in [1.807, 2.05) is 13.0 Å². The number of nitrogens with one attached hydrogen (secondary N) is 3. The minimum atomic E-state index is -0.583. The Morgan fingerprint density at radius 1 is 1.35 bits per heavy atom. The highest BCUT2D eigenvalue weighted by molar-refractivity contribution is 7.14. The number of aryl methyl sites for hydroxylation is 2. The van der Waals surface area contributed by atoms with Crippen LogP contribution in [0.15, 0.2) is 10.9 Å². The number of aromatic nitrogens is 2. The number of anilines is 2. The molecule has 0 aliphatic carbocycles. The Balaban J connectivity index is 1.65. The van der Waals surface area contributed by atoms with Crippen LogP contribution >= 0.6 is 11.3 Å². The molecule has 1 aliphatic heterocycles. The average Bonchev–Trinajstić information content (AvgIpc) is 3.07. The fourth-order valence-electron chi connectivity index (χ4n) is 3.40. The number of aromatic amines is 1. The van der Waals surface area contributed by atoms with Crippen LogP contribution in [0.1, 0.15) is 59.8 Å². The van der Waals surface area contributed by atoms with Crippen molar-refractivity contribution in [2.45, 2.75) is 53.9 Å². The number of fused-ring (bicyclic) bond motifs is 1. The summed E-state index contributed by atoms with van der Waals surface area (Å²) in [7, 11) is 0. The van der Waals surface area contributed by atoms with Gasteiger partial charge in [-0.25, -0.2) is 4.79 Å². The van der Waals surface area contributed by atoms with Crippen LogP contribution in [0.2, 0.25) is 0 Å². The molecular formula is C22H30N4O4S. The van der Waals surface area contributed by atoms with E-state index in [1.165, 1.54) is 16.2 Å². The molecule has 1 aliphatic rings. The van der Waals surface area contributed by atoms with E-state index in [4.69, 9.17) is 4.74 Å². The quantitative estimate of drug-likeness (QED) is 0.585. The maximum absolute atomic E-state index is 12.6. The summed E-state index contributed by atoms with van der Waals surface area (Å²) in [6.45, 7) is 10.3. The lowest BCUT2D eigenvalue weighted by molar-refractivity contribution is -0.123. The number of hydrogen-bond donors (Lipinski definition) is 3. The second-order valence-corrected chi connectivity index (χ2v) is 10.0. The second-order valence-electron chi connectivity index (χ2n) is 8.87. The fourth-order valence-corrected chi connectivity index (χ4v) is 4.48. The number of amides is 1. The van der Waals surface area contributed by atoms with Gasteiger partial charge in [0.25, 0.3) is 5.56 Å². The first kappa shape index (κ1) is 23.0. The van der Waals surface area contributed by atoms with Gasteiger partial charge in [-0.05, 0) is 50.7 Å². The molecule has 0 aromatic carbocycles. The van der Waals surface area contributed by atoms with Gasteiger partial charge in [0, 0.05) is 16.8 Å². The molecule has 1 unspecified atom stereocenters. The van der Waals surface area contributed by atoms with Crippen LogP contribution in [-0.2, 0) is 22.4 Å². The predicted octanol–water partition coefficient (Wildman–Crippen LogP) is 3.52. The van der Waals surface area contributed by atoms with Crippen LogP contribution in [0.4, 0.5) is 11.8 Å². The van der Waals surface area contributed by atoms with Crippen LogP contribution in [0.3, 0.4) is 0 Å². The van der Waals surface area contributed by atoms with Crippen LogP contribution in [0.25, 0.3) is 0 Å². The van der Waals surface area contributed by atoms with Crippen molar-refractivity contribution >= 4 is 35.0 Å². The van der Waals surface area contributed by atoms with E-state index in [9.17, 15) is 14.4 Å². The smallest absolute Gasteiger partial charge is 0.348 e. The summed E-state index contributed by atoms with van der Waals surface area (Å²) < 4.78 is 5.09. The zero-order valence-electron chi connectivity index (χ0n) is 18.7. The van der Waals surface area contributed by atoms with Crippen LogP contribution < -0.4 is 16.2 Å². The summed E-state index contributed by atoms with van der Waals surface area (Å²) in [6, 6.07) is 1.88. The standard InChI is InChI=1S/C22H30N4O4S/c1-6-30-19(28)16-9-12(2)15(31-16)8-7-13-10-14-17(23-11-13)24-21(25-18(14)27)26-20(29)22(3,4)5/h9,13H,6-8,10-11H2,1-5H3,(H3,23,24,25,26,27,29). The minimum Gasteiger partial charge on any atom is -0.462 e. The van der Waals surface area contributed by atoms with Gasteiger partial charge in [-0.2, -0.15) is 4.98 Å². The van der Waals surface area contributed by atoms with E-state index in [-0.39, 0.29) is 29.3 Å². The molecule has 0 bridgehead atoms. The van der Waals surface area contributed by atoms with E-state index in [0.29, 0.717) is 35.8 Å². The lowest BCUT2D eigenvalue weighted by Crippen LogP contribution is -2.33. The lowest BCUT2D eigenvalue weighted by atomic mass is 9.92. The van der Waals surface area contributed by atoms with Crippen molar-refractivity contribution in [3.8, 4) is 0 Å². The summed E-state index contributed by atoms with van der Waals surface area (Å²) in [6.07, 6.45) is 2.34. The number of carbonyl (C=O) groups is 2. The van der Waals surface area contributed by atoms with Gasteiger partial charge in [0.1, 0.15) is 10.7 Å². The monoisotopic (exact) mass is 446 g/mol.